The summed E-state index contributed by atoms with van der Waals surface area (Å²) < 4.78 is 35.6. The van der Waals surface area contributed by atoms with Crippen molar-refractivity contribution < 1.29 is 32.6 Å². The van der Waals surface area contributed by atoms with Gasteiger partial charge in [-0.3, -0.25) is 19.3 Å². The fourth-order valence-electron chi connectivity index (χ4n) is 3.87. The maximum atomic E-state index is 13.0. The standard InChI is InChI=1S/C20H24F2N4O5/c21-20(22)31-15-9-11(1-6-14(15)25-7-8-30-10-16(25)27)24-19(29)17(18(23)28)26(12-2-3-12)13-4-5-13/h1,6,9,12-13,17,20H,2-5,7-8,10H2,(H2,23,28)(H,24,29)/t17-/m1/s1. The average Bonchev–Trinajstić information content (AvgIpc) is 3.61. The van der Waals surface area contributed by atoms with Crippen LogP contribution in [0.25, 0.3) is 0 Å². The van der Waals surface area contributed by atoms with Crippen LogP contribution in [0.15, 0.2) is 18.2 Å². The molecular formula is C20H24F2N4O5. The van der Waals surface area contributed by atoms with E-state index in [1.807, 2.05) is 4.90 Å². The number of primary amides is 1. The maximum absolute atomic E-state index is 13.0. The monoisotopic (exact) mass is 438 g/mol. The molecule has 31 heavy (non-hydrogen) atoms. The molecule has 9 nitrogen and oxygen atoms in total. The minimum atomic E-state index is -3.13. The molecule has 4 rings (SSSR count). The van der Waals surface area contributed by atoms with E-state index in [-0.39, 0.29) is 54.9 Å². The Hall–Kier alpha value is -2.79. The molecule has 1 atom stereocenters. The lowest BCUT2D eigenvalue weighted by Gasteiger charge is -2.29. The Morgan fingerprint density at radius 1 is 1.23 bits per heavy atom. The molecule has 1 heterocycles. The number of hydrogen-bond donors (Lipinski definition) is 2. The van der Waals surface area contributed by atoms with Crippen LogP contribution in [0.2, 0.25) is 0 Å². The van der Waals surface area contributed by atoms with Gasteiger partial charge in [0.05, 0.1) is 12.3 Å². The predicted molar refractivity (Wildman–Crippen MR) is 106 cm³/mol. The van der Waals surface area contributed by atoms with E-state index in [0.717, 1.165) is 25.7 Å². The second kappa shape index (κ2) is 8.75. The second-order valence-corrected chi connectivity index (χ2v) is 7.86. The summed E-state index contributed by atoms with van der Waals surface area (Å²) in [5, 5.41) is 2.59. The Kier molecular flexibility index (Phi) is 6.05. The van der Waals surface area contributed by atoms with E-state index in [1.165, 1.54) is 23.1 Å². The van der Waals surface area contributed by atoms with Gasteiger partial charge in [-0.25, -0.2) is 0 Å². The zero-order chi connectivity index (χ0) is 22.1. The number of amides is 3. The van der Waals surface area contributed by atoms with Crippen molar-refractivity contribution in [2.45, 2.75) is 50.4 Å². The number of nitrogens with two attached hydrogens (primary N) is 1. The van der Waals surface area contributed by atoms with Gasteiger partial charge in [0.25, 0.3) is 11.8 Å². The fraction of sp³-hybridized carbons (Fsp3) is 0.550. The van der Waals surface area contributed by atoms with Gasteiger partial charge in [0.1, 0.15) is 6.61 Å². The third kappa shape index (κ3) is 4.93. The zero-order valence-corrected chi connectivity index (χ0v) is 16.8. The minimum absolute atomic E-state index is 0.149. The minimum Gasteiger partial charge on any atom is -0.433 e. The number of carbonyl (C=O) groups excluding carboxylic acids is 3. The van der Waals surface area contributed by atoms with Crippen LogP contribution in [0, 0.1) is 0 Å². The first-order chi connectivity index (χ1) is 14.8. The highest BCUT2D eigenvalue weighted by Gasteiger charge is 2.47. The maximum Gasteiger partial charge on any atom is 0.387 e. The summed E-state index contributed by atoms with van der Waals surface area (Å²) in [7, 11) is 0. The van der Waals surface area contributed by atoms with Crippen LogP contribution in [0.5, 0.6) is 5.75 Å². The summed E-state index contributed by atoms with van der Waals surface area (Å²) in [6, 6.07) is 3.25. The van der Waals surface area contributed by atoms with Gasteiger partial charge in [0, 0.05) is 30.4 Å². The van der Waals surface area contributed by atoms with Crippen LogP contribution < -0.4 is 20.7 Å². The number of morpholine rings is 1. The molecule has 3 N–H and O–H groups in total. The van der Waals surface area contributed by atoms with Crippen molar-refractivity contribution in [3.8, 4) is 5.75 Å². The number of nitrogens with one attached hydrogen (secondary N) is 1. The van der Waals surface area contributed by atoms with E-state index >= 15 is 0 Å². The number of benzene rings is 1. The van der Waals surface area contributed by atoms with Gasteiger partial charge in [-0.2, -0.15) is 8.78 Å². The summed E-state index contributed by atoms with van der Waals surface area (Å²) in [5.74, 6) is -2.03. The smallest absolute Gasteiger partial charge is 0.387 e. The van der Waals surface area contributed by atoms with Gasteiger partial charge >= 0.3 is 6.61 Å². The Morgan fingerprint density at radius 3 is 2.45 bits per heavy atom. The lowest BCUT2D eigenvalue weighted by Crippen LogP contribution is -2.54. The van der Waals surface area contributed by atoms with Crippen molar-refractivity contribution in [3.63, 3.8) is 0 Å². The van der Waals surface area contributed by atoms with Crippen molar-refractivity contribution in [1.82, 2.24) is 4.90 Å². The van der Waals surface area contributed by atoms with Gasteiger partial charge in [-0.15, -0.1) is 0 Å². The second-order valence-electron chi connectivity index (χ2n) is 7.86. The Bertz CT molecular complexity index is 863. The molecule has 2 saturated carbocycles. The number of hydrogen-bond acceptors (Lipinski definition) is 6. The lowest BCUT2D eigenvalue weighted by molar-refractivity contribution is -0.133. The van der Waals surface area contributed by atoms with Crippen LogP contribution >= 0.6 is 0 Å². The lowest BCUT2D eigenvalue weighted by atomic mass is 10.1. The molecule has 0 aromatic heterocycles. The molecule has 168 valence electrons. The summed E-state index contributed by atoms with van der Waals surface area (Å²) >= 11 is 0. The van der Waals surface area contributed by atoms with E-state index in [0.29, 0.717) is 0 Å². The molecule has 3 aliphatic rings. The molecule has 1 aromatic carbocycles. The number of rotatable bonds is 9. The molecule has 1 aliphatic heterocycles. The third-order valence-corrected chi connectivity index (χ3v) is 5.47. The van der Waals surface area contributed by atoms with E-state index < -0.39 is 24.5 Å². The molecule has 1 saturated heterocycles. The number of halogens is 2. The van der Waals surface area contributed by atoms with Gasteiger partial charge < -0.3 is 25.4 Å². The van der Waals surface area contributed by atoms with Crippen molar-refractivity contribution in [2.24, 2.45) is 5.73 Å². The molecule has 3 fully saturated rings. The number of carbonyl (C=O) groups is 3. The first-order valence-corrected chi connectivity index (χ1v) is 10.2. The summed E-state index contributed by atoms with van der Waals surface area (Å²) in [6.45, 7) is -2.84. The Morgan fingerprint density at radius 2 is 1.90 bits per heavy atom. The number of alkyl halides is 2. The molecule has 0 bridgehead atoms. The van der Waals surface area contributed by atoms with Crippen LogP contribution in [0.3, 0.4) is 0 Å². The first-order valence-electron chi connectivity index (χ1n) is 10.2. The molecule has 0 unspecified atom stereocenters. The van der Waals surface area contributed by atoms with E-state index in [2.05, 4.69) is 10.1 Å². The summed E-state index contributed by atoms with van der Waals surface area (Å²) in [5.41, 5.74) is 5.84. The van der Waals surface area contributed by atoms with Crippen LogP contribution in [-0.2, 0) is 19.1 Å². The highest BCUT2D eigenvalue weighted by Crippen LogP contribution is 2.39. The summed E-state index contributed by atoms with van der Waals surface area (Å²) in [6.07, 6.45) is 3.62. The summed E-state index contributed by atoms with van der Waals surface area (Å²) in [4.78, 5) is 40.3. The molecule has 0 radical (unpaired) electrons. The van der Waals surface area contributed by atoms with Crippen molar-refractivity contribution >= 4 is 29.1 Å². The van der Waals surface area contributed by atoms with Crippen molar-refractivity contribution in [3.05, 3.63) is 18.2 Å². The largest absolute Gasteiger partial charge is 0.433 e. The quantitative estimate of drug-likeness (QED) is 0.558. The van der Waals surface area contributed by atoms with Crippen LogP contribution in [0.4, 0.5) is 20.2 Å². The molecule has 2 aliphatic carbocycles. The highest BCUT2D eigenvalue weighted by atomic mass is 19.3. The zero-order valence-electron chi connectivity index (χ0n) is 16.8. The van der Waals surface area contributed by atoms with Gasteiger partial charge in [0.2, 0.25) is 5.91 Å². The Balaban J connectivity index is 1.56. The molecule has 3 amide bonds. The number of anilines is 2. The van der Waals surface area contributed by atoms with E-state index in [9.17, 15) is 23.2 Å². The molecule has 0 spiro atoms. The Labute approximate surface area is 177 Å². The highest BCUT2D eigenvalue weighted by molar-refractivity contribution is 6.10. The van der Waals surface area contributed by atoms with Crippen molar-refractivity contribution in [2.75, 3.05) is 30.0 Å². The fourth-order valence-corrected chi connectivity index (χ4v) is 3.87. The normalized spacial score (nSPS) is 20.1. The average molecular weight is 438 g/mol. The molecule has 11 heteroatoms. The van der Waals surface area contributed by atoms with E-state index in [4.69, 9.17) is 10.5 Å². The molecular weight excluding hydrogens is 414 g/mol. The first kappa shape index (κ1) is 21.4. The predicted octanol–water partition coefficient (Wildman–Crippen LogP) is 1.07. The number of ether oxygens (including phenoxy) is 2. The number of nitrogens with zero attached hydrogens (tertiary/aromatic N) is 2. The van der Waals surface area contributed by atoms with Gasteiger partial charge in [0.15, 0.2) is 11.8 Å². The SMILES string of the molecule is NC(=O)[C@H](C(=O)Nc1ccc(N2CCOCC2=O)c(OC(F)F)c1)N(C1CC1)C1CC1. The molecule has 1 aromatic rings. The topological polar surface area (TPSA) is 114 Å². The van der Waals surface area contributed by atoms with Gasteiger partial charge in [-0.1, -0.05) is 0 Å². The third-order valence-electron chi connectivity index (χ3n) is 5.47. The van der Waals surface area contributed by atoms with Gasteiger partial charge in [-0.05, 0) is 37.8 Å². The van der Waals surface area contributed by atoms with Crippen molar-refractivity contribution in [1.29, 1.82) is 0 Å². The van der Waals surface area contributed by atoms with E-state index in [1.54, 1.807) is 0 Å². The van der Waals surface area contributed by atoms with Crippen LogP contribution in [0.1, 0.15) is 25.7 Å². The van der Waals surface area contributed by atoms with Crippen LogP contribution in [-0.4, -0.2) is 67.1 Å².